The molecule has 164 valence electrons. The fourth-order valence-corrected chi connectivity index (χ4v) is 3.13. The third kappa shape index (κ3) is 3.60. The highest BCUT2D eigenvalue weighted by atomic mass is 19.1. The largest absolute Gasteiger partial charge is 0.452 e. The van der Waals surface area contributed by atoms with Gasteiger partial charge < -0.3 is 16.2 Å². The Kier molecular flexibility index (Phi) is 5.24. The molecule has 3 heterocycles. The number of hydrogen-bond acceptors (Lipinski definition) is 9. The van der Waals surface area contributed by atoms with Crippen molar-refractivity contribution in [3.05, 3.63) is 53.7 Å². The summed E-state index contributed by atoms with van der Waals surface area (Å²) in [7, 11) is 1.12. The topological polar surface area (TPSA) is 164 Å². The van der Waals surface area contributed by atoms with E-state index < -0.39 is 17.7 Å². The molecule has 4 rings (SSSR count). The number of methoxy groups -OCH3 is 1. The molecule has 0 aliphatic rings. The van der Waals surface area contributed by atoms with Gasteiger partial charge in [0.15, 0.2) is 23.1 Å². The average Bonchev–Trinajstić information content (AvgIpc) is 3.11. The maximum Gasteiger partial charge on any atom is 0.428 e. The minimum atomic E-state index is -0.939. The molecule has 0 aliphatic heterocycles. The molecule has 1 amide bonds. The molecule has 11 nitrogen and oxygen atoms in total. The number of ether oxygens (including phenoxy) is 1. The molecule has 0 saturated carbocycles. The first-order valence-corrected chi connectivity index (χ1v) is 9.11. The molecule has 0 spiro atoms. The number of anilines is 3. The van der Waals surface area contributed by atoms with Crippen molar-refractivity contribution in [2.75, 3.05) is 23.6 Å². The second-order valence-corrected chi connectivity index (χ2v) is 6.63. The number of fused-ring (bicyclic) bond motifs is 1. The number of carbonyl (C=O) groups is 1. The molecule has 32 heavy (non-hydrogen) atoms. The zero-order valence-corrected chi connectivity index (χ0v) is 16.7. The number of nitrogens with zero attached hydrogens (tertiary/aromatic N) is 6. The van der Waals surface area contributed by atoms with Gasteiger partial charge in [-0.25, -0.2) is 44.1 Å². The van der Waals surface area contributed by atoms with E-state index in [9.17, 15) is 13.6 Å². The number of benzene rings is 1. The molecule has 0 unspecified atom stereocenters. The van der Waals surface area contributed by atoms with Gasteiger partial charge in [-0.15, -0.1) is 0 Å². The van der Waals surface area contributed by atoms with E-state index >= 15 is 0 Å². The van der Waals surface area contributed by atoms with Crippen LogP contribution >= 0.6 is 0 Å². The van der Waals surface area contributed by atoms with Crippen molar-refractivity contribution in [3.63, 3.8) is 0 Å². The van der Waals surface area contributed by atoms with E-state index in [2.05, 4.69) is 24.8 Å². The Bertz CT molecular complexity index is 1320. The lowest BCUT2D eigenvalue weighted by Gasteiger charge is -2.18. The van der Waals surface area contributed by atoms with Crippen LogP contribution in [0.5, 0.6) is 0 Å². The molecule has 6 N–H and O–H groups in total. The molecule has 3 aromatic heterocycles. The maximum atomic E-state index is 14.2. The summed E-state index contributed by atoms with van der Waals surface area (Å²) in [6, 6.07) is 7.35. The van der Waals surface area contributed by atoms with E-state index in [4.69, 9.17) is 17.3 Å². The van der Waals surface area contributed by atoms with Crippen molar-refractivity contribution in [1.29, 1.82) is 0 Å². The number of aromatic nitrogens is 5. The van der Waals surface area contributed by atoms with Gasteiger partial charge in [-0.05, 0) is 12.1 Å². The minimum Gasteiger partial charge on any atom is -0.452 e. The molecule has 0 aliphatic carbocycles. The van der Waals surface area contributed by atoms with Gasteiger partial charge >= 0.3 is 6.09 Å². The second-order valence-electron chi connectivity index (χ2n) is 6.63. The number of nitrogens with two attached hydrogens (primary N) is 3. The molecular formula is C19H17F2N9O2. The van der Waals surface area contributed by atoms with E-state index in [-0.39, 0.29) is 46.4 Å². The molecule has 13 heteroatoms. The minimum absolute atomic E-state index is 0.0176. The highest BCUT2D eigenvalue weighted by Gasteiger charge is 2.24. The SMILES string of the molecule is COC(=O)N(N)c1c(N)nc(-c2nn(Cc3ccccc3F)c3ncc(F)cc23)nc1N. The van der Waals surface area contributed by atoms with E-state index in [0.29, 0.717) is 10.6 Å². The zero-order valence-electron chi connectivity index (χ0n) is 16.7. The lowest BCUT2D eigenvalue weighted by atomic mass is 10.2. The van der Waals surface area contributed by atoms with Gasteiger partial charge in [0.1, 0.15) is 23.0 Å². The third-order valence-electron chi connectivity index (χ3n) is 4.59. The zero-order chi connectivity index (χ0) is 23.0. The van der Waals surface area contributed by atoms with Crippen molar-refractivity contribution in [1.82, 2.24) is 24.7 Å². The van der Waals surface area contributed by atoms with Crippen LogP contribution < -0.4 is 22.3 Å². The summed E-state index contributed by atoms with van der Waals surface area (Å²) < 4.78 is 34.0. The van der Waals surface area contributed by atoms with Gasteiger partial charge in [0.25, 0.3) is 0 Å². The van der Waals surface area contributed by atoms with Crippen molar-refractivity contribution < 1.29 is 18.3 Å². The van der Waals surface area contributed by atoms with Crippen LogP contribution in [0.4, 0.5) is 30.9 Å². The summed E-state index contributed by atoms with van der Waals surface area (Å²) in [6.07, 6.45) is 0.0756. The number of pyridine rings is 1. The molecule has 0 radical (unpaired) electrons. The Labute approximate surface area is 179 Å². The predicted octanol–water partition coefficient (Wildman–Crippen LogP) is 1.83. The van der Waals surface area contributed by atoms with Gasteiger partial charge in [-0.1, -0.05) is 18.2 Å². The summed E-state index contributed by atoms with van der Waals surface area (Å²) in [5.41, 5.74) is 12.4. The molecular weight excluding hydrogens is 424 g/mol. The molecule has 0 saturated heterocycles. The summed E-state index contributed by atoms with van der Waals surface area (Å²) in [5, 5.41) is 5.21. The Morgan fingerprint density at radius 1 is 1.19 bits per heavy atom. The van der Waals surface area contributed by atoms with E-state index in [1.54, 1.807) is 18.2 Å². The van der Waals surface area contributed by atoms with E-state index in [1.807, 2.05) is 0 Å². The second kappa shape index (κ2) is 8.03. The van der Waals surface area contributed by atoms with Crippen LogP contribution in [-0.4, -0.2) is 37.9 Å². The highest BCUT2D eigenvalue weighted by Crippen LogP contribution is 2.32. The van der Waals surface area contributed by atoms with Gasteiger partial charge in [0, 0.05) is 5.56 Å². The molecule has 4 aromatic rings. The first-order chi connectivity index (χ1) is 15.3. The Balaban J connectivity index is 1.85. The first kappa shape index (κ1) is 20.9. The molecule has 0 fully saturated rings. The van der Waals surface area contributed by atoms with Crippen molar-refractivity contribution in [3.8, 4) is 11.5 Å². The van der Waals surface area contributed by atoms with Crippen molar-refractivity contribution >= 4 is 34.4 Å². The highest BCUT2D eigenvalue weighted by molar-refractivity contribution is 5.95. The lowest BCUT2D eigenvalue weighted by molar-refractivity contribution is 0.179. The van der Waals surface area contributed by atoms with Gasteiger partial charge in [-0.2, -0.15) is 5.10 Å². The molecule has 0 bridgehead atoms. The van der Waals surface area contributed by atoms with Crippen LogP contribution in [-0.2, 0) is 11.3 Å². The normalized spacial score (nSPS) is 11.0. The standard InChI is InChI=1S/C19H17F2N9O2/c1-32-19(31)30(24)14-15(22)26-17(27-16(14)23)13-11-6-10(20)7-25-18(11)29(28-13)8-9-4-2-3-5-12(9)21/h2-7H,8,24H2,1H3,(H4,22,23,26,27). The monoisotopic (exact) mass is 441 g/mol. The molecule has 1 aromatic carbocycles. The number of hydrogen-bond donors (Lipinski definition) is 3. The Morgan fingerprint density at radius 2 is 1.88 bits per heavy atom. The van der Waals surface area contributed by atoms with E-state index in [0.717, 1.165) is 13.3 Å². The van der Waals surface area contributed by atoms with Gasteiger partial charge in [-0.3, -0.25) is 0 Å². The van der Waals surface area contributed by atoms with Crippen LogP contribution in [0.15, 0.2) is 36.5 Å². The smallest absolute Gasteiger partial charge is 0.428 e. The summed E-state index contributed by atoms with van der Waals surface area (Å²) in [5.74, 6) is 4.07. The number of hydrazine groups is 1. The van der Waals surface area contributed by atoms with Gasteiger partial charge in [0.05, 0.1) is 25.2 Å². The van der Waals surface area contributed by atoms with Gasteiger partial charge in [0.2, 0.25) is 0 Å². The van der Waals surface area contributed by atoms with Crippen molar-refractivity contribution in [2.24, 2.45) is 5.84 Å². The lowest BCUT2D eigenvalue weighted by Crippen LogP contribution is -2.38. The predicted molar refractivity (Wildman–Crippen MR) is 112 cm³/mol. The van der Waals surface area contributed by atoms with Crippen LogP contribution in [0.2, 0.25) is 0 Å². The third-order valence-corrected chi connectivity index (χ3v) is 4.59. The quantitative estimate of drug-likeness (QED) is 0.243. The van der Waals surface area contributed by atoms with Crippen LogP contribution in [0.1, 0.15) is 5.56 Å². The van der Waals surface area contributed by atoms with Crippen molar-refractivity contribution in [2.45, 2.75) is 6.54 Å². The summed E-state index contributed by atoms with van der Waals surface area (Å²) in [4.78, 5) is 24.0. The number of amides is 1. The number of rotatable bonds is 4. The first-order valence-electron chi connectivity index (χ1n) is 9.11. The Hall–Kier alpha value is -4.39. The number of halogens is 2. The number of carbonyl (C=O) groups excluding carboxylic acids is 1. The Morgan fingerprint density at radius 3 is 2.53 bits per heavy atom. The van der Waals surface area contributed by atoms with Crippen LogP contribution in [0, 0.1) is 11.6 Å². The maximum absolute atomic E-state index is 14.2. The van der Waals surface area contributed by atoms with Crippen LogP contribution in [0.25, 0.3) is 22.6 Å². The average molecular weight is 441 g/mol. The van der Waals surface area contributed by atoms with E-state index in [1.165, 1.54) is 16.8 Å². The fraction of sp³-hybridized carbons (Fsp3) is 0.105. The summed E-state index contributed by atoms with van der Waals surface area (Å²) >= 11 is 0. The fourth-order valence-electron chi connectivity index (χ4n) is 3.13. The molecule has 0 atom stereocenters. The summed E-state index contributed by atoms with van der Waals surface area (Å²) in [6.45, 7) is 0.0176. The number of nitrogen functional groups attached to an aromatic ring is 2. The van der Waals surface area contributed by atoms with Crippen LogP contribution in [0.3, 0.4) is 0 Å².